The number of rotatable bonds is 5. The summed E-state index contributed by atoms with van der Waals surface area (Å²) in [6, 6.07) is 5.33. The largest absolute Gasteiger partial charge is 0.508 e. The van der Waals surface area contributed by atoms with E-state index >= 15 is 0 Å². The van der Waals surface area contributed by atoms with Crippen molar-refractivity contribution >= 4 is 27.7 Å². The van der Waals surface area contributed by atoms with Gasteiger partial charge in [-0.2, -0.15) is 11.8 Å². The van der Waals surface area contributed by atoms with Crippen LogP contribution in [0.1, 0.15) is 19.4 Å². The van der Waals surface area contributed by atoms with Crippen LogP contribution in [-0.4, -0.2) is 22.7 Å². The van der Waals surface area contributed by atoms with E-state index in [1.807, 2.05) is 17.8 Å². The molecule has 90 valence electrons. The fourth-order valence-electron chi connectivity index (χ4n) is 1.27. The standard InChI is InChI=1S/C12H18BrNOS/c1-12(2,16-3)8-14-7-9-6-10(15)4-5-11(9)13/h4-6,14-15H,7-8H2,1-3H3. The van der Waals surface area contributed by atoms with Gasteiger partial charge in [-0.1, -0.05) is 15.9 Å². The molecule has 0 bridgehead atoms. The third kappa shape index (κ3) is 4.36. The fraction of sp³-hybridized carbons (Fsp3) is 0.500. The second-order valence-electron chi connectivity index (χ2n) is 4.34. The number of halogens is 1. The Balaban J connectivity index is 2.52. The molecule has 1 rings (SSSR count). The van der Waals surface area contributed by atoms with Gasteiger partial charge in [0.25, 0.3) is 0 Å². The molecule has 0 saturated carbocycles. The van der Waals surface area contributed by atoms with Gasteiger partial charge < -0.3 is 10.4 Å². The third-order valence-electron chi connectivity index (χ3n) is 2.45. The maximum absolute atomic E-state index is 9.39. The maximum Gasteiger partial charge on any atom is 0.115 e. The molecule has 16 heavy (non-hydrogen) atoms. The molecule has 0 aliphatic rings. The number of aromatic hydroxyl groups is 1. The highest BCUT2D eigenvalue weighted by Gasteiger charge is 2.15. The number of hydrogen-bond acceptors (Lipinski definition) is 3. The van der Waals surface area contributed by atoms with Gasteiger partial charge in [0, 0.05) is 22.3 Å². The van der Waals surface area contributed by atoms with Crippen LogP contribution in [0.3, 0.4) is 0 Å². The van der Waals surface area contributed by atoms with E-state index in [0.29, 0.717) is 5.75 Å². The van der Waals surface area contributed by atoms with Crippen LogP contribution in [0, 0.1) is 0 Å². The van der Waals surface area contributed by atoms with Crippen molar-refractivity contribution in [1.82, 2.24) is 5.32 Å². The minimum atomic E-state index is 0.239. The summed E-state index contributed by atoms with van der Waals surface area (Å²) in [7, 11) is 0. The van der Waals surface area contributed by atoms with E-state index < -0.39 is 0 Å². The first-order chi connectivity index (χ1) is 7.44. The van der Waals surface area contributed by atoms with E-state index in [2.05, 4.69) is 41.3 Å². The van der Waals surface area contributed by atoms with Crippen molar-refractivity contribution < 1.29 is 5.11 Å². The molecule has 4 heteroatoms. The number of phenols is 1. The molecular formula is C12H18BrNOS. The van der Waals surface area contributed by atoms with Gasteiger partial charge in [-0.05, 0) is 43.9 Å². The molecule has 0 saturated heterocycles. The van der Waals surface area contributed by atoms with Crippen LogP contribution in [0.5, 0.6) is 5.75 Å². The molecule has 0 radical (unpaired) electrons. The molecule has 0 spiro atoms. The van der Waals surface area contributed by atoms with E-state index in [9.17, 15) is 5.11 Å². The van der Waals surface area contributed by atoms with Crippen molar-refractivity contribution in [3.63, 3.8) is 0 Å². The molecule has 0 amide bonds. The van der Waals surface area contributed by atoms with Crippen molar-refractivity contribution in [3.05, 3.63) is 28.2 Å². The van der Waals surface area contributed by atoms with Crippen LogP contribution in [0.2, 0.25) is 0 Å². The monoisotopic (exact) mass is 303 g/mol. The van der Waals surface area contributed by atoms with Gasteiger partial charge in [0.05, 0.1) is 0 Å². The smallest absolute Gasteiger partial charge is 0.115 e. The summed E-state index contributed by atoms with van der Waals surface area (Å²) in [5.41, 5.74) is 1.08. The van der Waals surface area contributed by atoms with Gasteiger partial charge in [-0.15, -0.1) is 0 Å². The summed E-state index contributed by atoms with van der Waals surface area (Å²) in [6.07, 6.45) is 2.12. The summed E-state index contributed by atoms with van der Waals surface area (Å²) < 4.78 is 1.27. The van der Waals surface area contributed by atoms with E-state index in [1.165, 1.54) is 0 Å². The predicted octanol–water partition coefficient (Wildman–Crippen LogP) is 3.39. The van der Waals surface area contributed by atoms with E-state index in [-0.39, 0.29) is 4.75 Å². The van der Waals surface area contributed by atoms with Crippen molar-refractivity contribution in [1.29, 1.82) is 0 Å². The molecular weight excluding hydrogens is 286 g/mol. The van der Waals surface area contributed by atoms with Crippen molar-refractivity contribution in [2.45, 2.75) is 25.1 Å². The third-order valence-corrected chi connectivity index (χ3v) is 4.47. The Bertz CT molecular complexity index is 355. The normalized spacial score (nSPS) is 11.8. The van der Waals surface area contributed by atoms with Gasteiger partial charge in [0.1, 0.15) is 5.75 Å². The molecule has 0 heterocycles. The van der Waals surface area contributed by atoms with E-state index in [0.717, 1.165) is 23.1 Å². The second kappa shape index (κ2) is 5.94. The highest BCUT2D eigenvalue weighted by atomic mass is 79.9. The Morgan fingerprint density at radius 1 is 1.44 bits per heavy atom. The molecule has 0 unspecified atom stereocenters. The Morgan fingerprint density at radius 2 is 2.12 bits per heavy atom. The Morgan fingerprint density at radius 3 is 2.75 bits per heavy atom. The highest BCUT2D eigenvalue weighted by Crippen LogP contribution is 2.23. The van der Waals surface area contributed by atoms with Crippen LogP contribution in [0.15, 0.2) is 22.7 Å². The van der Waals surface area contributed by atoms with Crippen LogP contribution in [0.25, 0.3) is 0 Å². The summed E-state index contributed by atoms with van der Waals surface area (Å²) in [6.45, 7) is 6.12. The SMILES string of the molecule is CSC(C)(C)CNCc1cc(O)ccc1Br. The van der Waals surface area contributed by atoms with Gasteiger partial charge in [0.15, 0.2) is 0 Å². The first kappa shape index (κ1) is 13.9. The first-order valence-electron chi connectivity index (χ1n) is 5.18. The van der Waals surface area contributed by atoms with Crippen LogP contribution < -0.4 is 5.32 Å². The number of thioether (sulfide) groups is 1. The van der Waals surface area contributed by atoms with Crippen molar-refractivity contribution in [2.24, 2.45) is 0 Å². The summed E-state index contributed by atoms with van der Waals surface area (Å²) in [5, 5.41) is 12.8. The lowest BCUT2D eigenvalue weighted by atomic mass is 10.2. The zero-order valence-corrected chi connectivity index (χ0v) is 12.3. The van der Waals surface area contributed by atoms with Gasteiger partial charge in [0.2, 0.25) is 0 Å². The molecule has 0 aromatic heterocycles. The Labute approximate surface area is 110 Å². The molecule has 0 aliphatic carbocycles. The van der Waals surface area contributed by atoms with E-state index in [4.69, 9.17) is 0 Å². The molecule has 0 atom stereocenters. The fourth-order valence-corrected chi connectivity index (χ4v) is 1.90. The van der Waals surface area contributed by atoms with E-state index in [1.54, 1.807) is 12.1 Å². The zero-order chi connectivity index (χ0) is 12.2. The minimum absolute atomic E-state index is 0.239. The van der Waals surface area contributed by atoms with Gasteiger partial charge >= 0.3 is 0 Å². The molecule has 1 aromatic rings. The summed E-state index contributed by atoms with van der Waals surface area (Å²) in [4.78, 5) is 0. The lowest BCUT2D eigenvalue weighted by Crippen LogP contribution is -2.31. The molecule has 2 N–H and O–H groups in total. The number of benzene rings is 1. The predicted molar refractivity (Wildman–Crippen MR) is 75.1 cm³/mol. The highest BCUT2D eigenvalue weighted by molar-refractivity contribution is 9.10. The molecule has 0 aliphatic heterocycles. The van der Waals surface area contributed by atoms with Crippen LogP contribution >= 0.6 is 27.7 Å². The quantitative estimate of drug-likeness (QED) is 0.874. The van der Waals surface area contributed by atoms with Crippen LogP contribution in [-0.2, 0) is 6.54 Å². The van der Waals surface area contributed by atoms with Gasteiger partial charge in [-0.25, -0.2) is 0 Å². The lowest BCUT2D eigenvalue weighted by Gasteiger charge is -2.22. The topological polar surface area (TPSA) is 32.3 Å². The lowest BCUT2D eigenvalue weighted by molar-refractivity contribution is 0.473. The zero-order valence-electron chi connectivity index (χ0n) is 9.88. The Hall–Kier alpha value is -0.190. The second-order valence-corrected chi connectivity index (χ2v) is 6.71. The molecule has 1 aromatic carbocycles. The number of hydrogen-bond donors (Lipinski definition) is 2. The summed E-state index contributed by atoms with van der Waals surface area (Å²) >= 11 is 5.32. The molecule has 2 nitrogen and oxygen atoms in total. The maximum atomic E-state index is 9.39. The Kier molecular flexibility index (Phi) is 5.15. The molecule has 0 fully saturated rings. The summed E-state index contributed by atoms with van der Waals surface area (Å²) in [5.74, 6) is 0.309. The van der Waals surface area contributed by atoms with Gasteiger partial charge in [-0.3, -0.25) is 0 Å². The van der Waals surface area contributed by atoms with Crippen LogP contribution in [0.4, 0.5) is 0 Å². The minimum Gasteiger partial charge on any atom is -0.508 e. The number of nitrogens with one attached hydrogen (secondary N) is 1. The average Bonchev–Trinajstić information content (AvgIpc) is 2.23. The van der Waals surface area contributed by atoms with Crippen molar-refractivity contribution in [2.75, 3.05) is 12.8 Å². The first-order valence-corrected chi connectivity index (χ1v) is 7.19. The number of phenolic OH excluding ortho intramolecular Hbond substituents is 1. The van der Waals surface area contributed by atoms with Crippen molar-refractivity contribution in [3.8, 4) is 5.75 Å². The average molecular weight is 304 g/mol.